The molecule has 1 heterocycles. The third-order valence-electron chi connectivity index (χ3n) is 3.24. The van der Waals surface area contributed by atoms with Crippen LogP contribution in [0.1, 0.15) is 12.5 Å². The summed E-state index contributed by atoms with van der Waals surface area (Å²) in [5, 5.41) is 15.3. The fourth-order valence-corrected chi connectivity index (χ4v) is 2.43. The minimum absolute atomic E-state index is 0.169. The molecule has 2 atom stereocenters. The lowest BCUT2D eigenvalue weighted by Crippen LogP contribution is -2.25. The van der Waals surface area contributed by atoms with Crippen molar-refractivity contribution in [3.63, 3.8) is 0 Å². The number of nitrogens with zero attached hydrogens (tertiary/aromatic N) is 3. The molecule has 0 amide bonds. The summed E-state index contributed by atoms with van der Waals surface area (Å²) in [5.41, 5.74) is 1.56. The SMILES string of the molecule is C=C(c1ccc(Cl)cc1Cl)[C@H](C)[C@@H](O)Cn1cncn1. The largest absolute Gasteiger partial charge is 0.391 e. The summed E-state index contributed by atoms with van der Waals surface area (Å²) in [6.07, 6.45) is 2.37. The number of aromatic nitrogens is 3. The second kappa shape index (κ2) is 6.39. The molecule has 6 heteroatoms. The van der Waals surface area contributed by atoms with E-state index >= 15 is 0 Å². The molecule has 1 aromatic carbocycles. The molecule has 106 valence electrons. The van der Waals surface area contributed by atoms with Crippen LogP contribution in [0.5, 0.6) is 0 Å². The lowest BCUT2D eigenvalue weighted by Gasteiger charge is -2.22. The van der Waals surface area contributed by atoms with Gasteiger partial charge in [-0.1, -0.05) is 42.8 Å². The van der Waals surface area contributed by atoms with Crippen LogP contribution >= 0.6 is 23.2 Å². The van der Waals surface area contributed by atoms with E-state index in [-0.39, 0.29) is 5.92 Å². The average molecular weight is 312 g/mol. The maximum atomic E-state index is 10.2. The number of benzene rings is 1. The van der Waals surface area contributed by atoms with Crippen molar-refractivity contribution in [1.82, 2.24) is 14.8 Å². The van der Waals surface area contributed by atoms with Crippen LogP contribution in [0.2, 0.25) is 10.0 Å². The minimum atomic E-state index is -0.629. The first kappa shape index (κ1) is 15.0. The molecule has 0 bridgehead atoms. The molecule has 0 radical (unpaired) electrons. The van der Waals surface area contributed by atoms with Crippen molar-refractivity contribution in [2.45, 2.75) is 19.6 Å². The fourth-order valence-electron chi connectivity index (χ4n) is 1.90. The van der Waals surface area contributed by atoms with Gasteiger partial charge in [0.25, 0.3) is 0 Å². The molecule has 4 nitrogen and oxygen atoms in total. The van der Waals surface area contributed by atoms with Gasteiger partial charge in [-0.15, -0.1) is 0 Å². The number of rotatable bonds is 5. The maximum Gasteiger partial charge on any atom is 0.137 e. The molecule has 1 aromatic heterocycles. The summed E-state index contributed by atoms with van der Waals surface area (Å²) in [4.78, 5) is 3.84. The third kappa shape index (κ3) is 3.39. The Hall–Kier alpha value is -1.36. The van der Waals surface area contributed by atoms with Crippen molar-refractivity contribution in [3.8, 4) is 0 Å². The Labute approximate surface area is 127 Å². The second-order valence-corrected chi connectivity index (χ2v) is 5.47. The summed E-state index contributed by atoms with van der Waals surface area (Å²) in [5.74, 6) is -0.169. The van der Waals surface area contributed by atoms with Crippen LogP contribution in [-0.2, 0) is 6.54 Å². The van der Waals surface area contributed by atoms with Gasteiger partial charge >= 0.3 is 0 Å². The monoisotopic (exact) mass is 311 g/mol. The highest BCUT2D eigenvalue weighted by Crippen LogP contribution is 2.31. The van der Waals surface area contributed by atoms with E-state index in [0.29, 0.717) is 16.6 Å². The number of hydrogen-bond donors (Lipinski definition) is 1. The Morgan fingerprint density at radius 2 is 2.20 bits per heavy atom. The highest BCUT2D eigenvalue weighted by Gasteiger charge is 2.20. The normalized spacial score (nSPS) is 14.0. The van der Waals surface area contributed by atoms with Crippen LogP contribution < -0.4 is 0 Å². The highest BCUT2D eigenvalue weighted by atomic mass is 35.5. The van der Waals surface area contributed by atoms with Crippen molar-refractivity contribution >= 4 is 28.8 Å². The molecule has 0 saturated carbocycles. The fraction of sp³-hybridized carbons (Fsp3) is 0.286. The van der Waals surface area contributed by atoms with Crippen molar-refractivity contribution in [2.75, 3.05) is 0 Å². The molecule has 0 aliphatic carbocycles. The lowest BCUT2D eigenvalue weighted by molar-refractivity contribution is 0.118. The van der Waals surface area contributed by atoms with Crippen LogP contribution in [-0.4, -0.2) is 26.0 Å². The van der Waals surface area contributed by atoms with Gasteiger partial charge in [0.2, 0.25) is 0 Å². The van der Waals surface area contributed by atoms with Gasteiger partial charge in [0.1, 0.15) is 12.7 Å². The summed E-state index contributed by atoms with van der Waals surface area (Å²) in [6.45, 7) is 6.28. The zero-order valence-corrected chi connectivity index (χ0v) is 12.5. The number of aliphatic hydroxyl groups excluding tert-OH is 1. The maximum absolute atomic E-state index is 10.2. The molecule has 0 aliphatic heterocycles. The zero-order chi connectivity index (χ0) is 14.7. The quantitative estimate of drug-likeness (QED) is 0.921. The first-order chi connectivity index (χ1) is 9.49. The van der Waals surface area contributed by atoms with E-state index in [9.17, 15) is 5.11 Å². The Balaban J connectivity index is 2.11. The molecule has 0 unspecified atom stereocenters. The van der Waals surface area contributed by atoms with E-state index in [1.54, 1.807) is 23.1 Å². The Morgan fingerprint density at radius 3 is 2.80 bits per heavy atom. The van der Waals surface area contributed by atoms with E-state index in [4.69, 9.17) is 23.2 Å². The number of halogens is 2. The summed E-state index contributed by atoms with van der Waals surface area (Å²) in [7, 11) is 0. The summed E-state index contributed by atoms with van der Waals surface area (Å²) >= 11 is 12.0. The van der Waals surface area contributed by atoms with Gasteiger partial charge in [-0.05, 0) is 23.3 Å². The van der Waals surface area contributed by atoms with Crippen LogP contribution in [0.15, 0.2) is 37.4 Å². The van der Waals surface area contributed by atoms with Gasteiger partial charge < -0.3 is 5.11 Å². The molecule has 1 N–H and O–H groups in total. The smallest absolute Gasteiger partial charge is 0.137 e. The number of aliphatic hydroxyl groups is 1. The molecule has 0 saturated heterocycles. The average Bonchev–Trinajstić information content (AvgIpc) is 2.90. The molecule has 2 rings (SSSR count). The predicted octanol–water partition coefficient (Wildman–Crippen LogP) is 3.30. The molecule has 20 heavy (non-hydrogen) atoms. The van der Waals surface area contributed by atoms with Gasteiger partial charge in [-0.3, -0.25) is 4.68 Å². The van der Waals surface area contributed by atoms with E-state index in [1.807, 2.05) is 13.0 Å². The van der Waals surface area contributed by atoms with E-state index < -0.39 is 6.10 Å². The van der Waals surface area contributed by atoms with E-state index in [2.05, 4.69) is 16.7 Å². The van der Waals surface area contributed by atoms with Crippen LogP contribution in [0, 0.1) is 5.92 Å². The van der Waals surface area contributed by atoms with Gasteiger partial charge in [0, 0.05) is 16.0 Å². The van der Waals surface area contributed by atoms with Crippen LogP contribution in [0.25, 0.3) is 5.57 Å². The third-order valence-corrected chi connectivity index (χ3v) is 3.79. The summed E-state index contributed by atoms with van der Waals surface area (Å²) in [6, 6.07) is 5.23. The van der Waals surface area contributed by atoms with Crippen molar-refractivity contribution in [2.24, 2.45) is 5.92 Å². The van der Waals surface area contributed by atoms with Gasteiger partial charge in [0.15, 0.2) is 0 Å². The predicted molar refractivity (Wildman–Crippen MR) is 80.7 cm³/mol. The number of hydrogen-bond acceptors (Lipinski definition) is 3. The van der Waals surface area contributed by atoms with Crippen LogP contribution in [0.3, 0.4) is 0 Å². The Kier molecular flexibility index (Phi) is 4.81. The zero-order valence-electron chi connectivity index (χ0n) is 11.0. The van der Waals surface area contributed by atoms with Gasteiger partial charge in [0.05, 0.1) is 12.6 Å². The minimum Gasteiger partial charge on any atom is -0.391 e. The Bertz CT molecular complexity index is 598. The molecule has 0 spiro atoms. The van der Waals surface area contributed by atoms with E-state index in [1.165, 1.54) is 6.33 Å². The lowest BCUT2D eigenvalue weighted by atomic mass is 9.91. The highest BCUT2D eigenvalue weighted by molar-refractivity contribution is 6.35. The molecule has 0 fully saturated rings. The first-order valence-electron chi connectivity index (χ1n) is 6.13. The van der Waals surface area contributed by atoms with Crippen molar-refractivity contribution in [1.29, 1.82) is 0 Å². The summed E-state index contributed by atoms with van der Waals surface area (Å²) < 4.78 is 1.58. The first-order valence-corrected chi connectivity index (χ1v) is 6.89. The molecule has 0 aliphatic rings. The van der Waals surface area contributed by atoms with E-state index in [0.717, 1.165) is 11.1 Å². The van der Waals surface area contributed by atoms with Crippen molar-refractivity contribution in [3.05, 3.63) is 53.0 Å². The topological polar surface area (TPSA) is 50.9 Å². The standard InChI is InChI=1S/C14H15Cl2N3O/c1-9(12-4-3-11(15)5-13(12)16)10(2)14(20)6-19-8-17-7-18-19/h3-5,7-8,10,14,20H,1,6H2,2H3/t10-,14-/m0/s1. The molecular weight excluding hydrogens is 297 g/mol. The van der Waals surface area contributed by atoms with Crippen LogP contribution in [0.4, 0.5) is 0 Å². The van der Waals surface area contributed by atoms with Gasteiger partial charge in [-0.2, -0.15) is 5.10 Å². The van der Waals surface area contributed by atoms with Gasteiger partial charge in [-0.25, -0.2) is 4.98 Å². The molecule has 2 aromatic rings. The second-order valence-electron chi connectivity index (χ2n) is 4.62. The molecular formula is C14H15Cl2N3O. The Morgan fingerprint density at radius 1 is 1.45 bits per heavy atom. The van der Waals surface area contributed by atoms with Crippen molar-refractivity contribution < 1.29 is 5.11 Å².